The van der Waals surface area contributed by atoms with Gasteiger partial charge in [0.15, 0.2) is 10.2 Å². The first-order valence-electron chi connectivity index (χ1n) is 2.83. The normalized spacial score (nSPS) is 7.33. The second-order valence-corrected chi connectivity index (χ2v) is 28.2. The lowest BCUT2D eigenvalue weighted by Gasteiger charge is -1.39. The molecule has 1 nitrogen and oxygen atoms in total. The lowest BCUT2D eigenvalue weighted by Crippen LogP contribution is -1.40. The molecule has 0 amide bonds. The van der Waals surface area contributed by atoms with Gasteiger partial charge < -0.3 is 0 Å². The molecule has 0 aliphatic carbocycles. The molecule has 0 aromatic rings. The molecule has 0 unspecified atom stereocenters. The van der Waals surface area contributed by atoms with Crippen LogP contribution in [0.25, 0.3) is 0 Å². The molecule has 0 atom stereocenters. The lowest BCUT2D eigenvalue weighted by atomic mass is 16.0. The summed E-state index contributed by atoms with van der Waals surface area (Å²) in [6, 6.07) is 0. The Morgan fingerprint density at radius 1 is 0.444 bits per heavy atom. The van der Waals surface area contributed by atoms with E-state index in [0.29, 0.717) is 10.2 Å². The molecule has 0 radical (unpaired) electrons. The fraction of sp³-hybridized carbons (Fsp3) is 0. The van der Waals surface area contributed by atoms with E-state index in [1.54, 1.807) is 107 Å². The summed E-state index contributed by atoms with van der Waals surface area (Å²) in [7, 11) is 25.2. The van der Waals surface area contributed by atoms with Crippen LogP contribution >= 0.6 is 0 Å². The fourth-order valence-electron chi connectivity index (χ4n) is 0.159. The largest absolute Gasteiger partial charge is 0.200 e. The summed E-state index contributed by atoms with van der Waals surface area (Å²) in [6.07, 6.45) is 0. The van der Waals surface area contributed by atoms with Crippen LogP contribution in [0.4, 0.5) is 0 Å². The second-order valence-electron chi connectivity index (χ2n) is 1.09. The Hall–Kier alpha value is 3.54. The summed E-state index contributed by atoms with van der Waals surface area (Å²) in [5, 5.41) is 0. The molecule has 0 heterocycles. The first-order chi connectivity index (χ1) is 8.91. The van der Waals surface area contributed by atoms with Crippen molar-refractivity contribution < 1.29 is 4.21 Å². The van der Waals surface area contributed by atoms with Crippen LogP contribution in [0.2, 0.25) is 0 Å². The quantitative estimate of drug-likeness (QED) is 0.402. The van der Waals surface area contributed by atoms with Crippen molar-refractivity contribution in [3.05, 3.63) is 0 Å². The Bertz CT molecular complexity index is 825. The van der Waals surface area contributed by atoms with E-state index in [9.17, 15) is 4.21 Å². The van der Waals surface area contributed by atoms with Crippen molar-refractivity contribution in [3.63, 3.8) is 0 Å². The fourth-order valence-corrected chi connectivity index (χ4v) is 36.7. The monoisotopic (exact) mass is 560 g/mol. The Labute approximate surface area is 155 Å². The van der Waals surface area contributed by atoms with Gasteiger partial charge in [0, 0.05) is 144 Å². The van der Waals surface area contributed by atoms with Crippen LogP contribution in [0.3, 0.4) is 0 Å². The highest BCUT2D eigenvalue weighted by atomic mass is 33.5. The highest BCUT2D eigenvalue weighted by Crippen LogP contribution is 1.40. The molecule has 0 bridgehead atoms. The molecule has 18 heavy (non-hydrogen) atoms. The summed E-state index contributed by atoms with van der Waals surface area (Å²) in [5.74, 6) is 0. The third-order valence-corrected chi connectivity index (χ3v) is 32.2. The Morgan fingerprint density at radius 2 is 0.722 bits per heavy atom. The van der Waals surface area contributed by atoms with E-state index in [0.717, 1.165) is 0 Å². The molecule has 0 aromatic heterocycles. The van der Waals surface area contributed by atoms with Gasteiger partial charge in [-0.15, -0.1) is 0 Å². The van der Waals surface area contributed by atoms with E-state index < -0.39 is 0 Å². The van der Waals surface area contributed by atoms with Gasteiger partial charge in [-0.3, -0.25) is 0 Å². The van der Waals surface area contributed by atoms with Crippen LogP contribution < -0.4 is 0 Å². The maximum Gasteiger partial charge on any atom is 0.168 e. The summed E-state index contributed by atoms with van der Waals surface area (Å²) in [4.78, 5) is 0. The molecule has 0 fully saturated rings. The Kier molecular flexibility index (Phi) is 24.6. The zero-order chi connectivity index (χ0) is 13.3. The van der Waals surface area contributed by atoms with Crippen LogP contribution in [0, 0.1) is 0 Å². The molecule has 0 spiro atoms. The van der Waals surface area contributed by atoms with Crippen LogP contribution in [-0.4, -0.2) is 4.21 Å². The standard InChI is InChI=1S/OS17/c1-3-5-7-9-11-13-15-17-18-16-14-12-10-8-6-4-2. The molecular weight excluding hydrogens is 561 g/mol. The lowest BCUT2D eigenvalue weighted by molar-refractivity contribution is 0.702. The number of hydrogen-bond donors (Lipinski definition) is 0. The predicted molar refractivity (Wildman–Crippen MR) is 126 cm³/mol. The van der Waals surface area contributed by atoms with E-state index in [-0.39, 0.29) is 0 Å². The molecule has 18 heteroatoms. The van der Waals surface area contributed by atoms with Crippen molar-refractivity contribution in [2.45, 2.75) is 0 Å². The van der Waals surface area contributed by atoms with Crippen LogP contribution in [0.5, 0.6) is 0 Å². The highest BCUT2D eigenvalue weighted by Gasteiger charge is 1.41. The third kappa shape index (κ3) is 19.5. The summed E-state index contributed by atoms with van der Waals surface area (Å²) in [5.41, 5.74) is 0. The first kappa shape index (κ1) is 21.5. The third-order valence-electron chi connectivity index (χ3n) is 0.417. The first-order valence-corrected chi connectivity index (χ1v) is 24.5. The zero-order valence-electron chi connectivity index (χ0n) is 7.35. The van der Waals surface area contributed by atoms with Crippen LogP contribution in [-0.2, 0) is 155 Å². The van der Waals surface area contributed by atoms with E-state index in [1.165, 1.54) is 26.6 Å². The van der Waals surface area contributed by atoms with Gasteiger partial charge in [-0.1, -0.05) is 0 Å². The van der Waals surface area contributed by atoms with Crippen molar-refractivity contribution in [2.24, 2.45) is 0 Å². The average molecular weight is 561 g/mol. The van der Waals surface area contributed by atoms with Crippen LogP contribution in [0.1, 0.15) is 0 Å². The van der Waals surface area contributed by atoms with Gasteiger partial charge in [0.2, 0.25) is 0 Å². The van der Waals surface area contributed by atoms with Gasteiger partial charge in [-0.2, -0.15) is 4.21 Å². The maximum atomic E-state index is 10.0. The predicted octanol–water partition coefficient (Wildman–Crippen LogP) is -0.375. The van der Waals surface area contributed by atoms with Crippen molar-refractivity contribution in [1.29, 1.82) is 0 Å². The van der Waals surface area contributed by atoms with E-state index in [1.807, 2.05) is 0 Å². The zero-order valence-corrected chi connectivity index (χ0v) is 21.2. The van der Waals surface area contributed by atoms with Crippen molar-refractivity contribution in [2.75, 3.05) is 0 Å². The topological polar surface area (TPSA) is 17.1 Å². The van der Waals surface area contributed by atoms with Gasteiger partial charge >= 0.3 is 0 Å². The van der Waals surface area contributed by atoms with Gasteiger partial charge in [-0.25, -0.2) is 0 Å². The second kappa shape index (κ2) is 20.5. The molecule has 0 aliphatic rings. The maximum absolute atomic E-state index is 10.0. The van der Waals surface area contributed by atoms with Crippen molar-refractivity contribution >= 4 is 155 Å². The Morgan fingerprint density at radius 3 is 1.00 bits per heavy atom. The van der Waals surface area contributed by atoms with E-state index >= 15 is 0 Å². The minimum Gasteiger partial charge on any atom is -0.200 e. The van der Waals surface area contributed by atoms with E-state index in [4.69, 9.17) is 11.2 Å². The minimum absolute atomic E-state index is 0.535. The molecular formula is OS17. The molecule has 108 valence electrons. The number of hydrogen-bond acceptors (Lipinski definition) is 2. The van der Waals surface area contributed by atoms with Crippen molar-refractivity contribution in [1.82, 2.24) is 0 Å². The highest BCUT2D eigenvalue weighted by molar-refractivity contribution is 8.77. The van der Waals surface area contributed by atoms with Gasteiger partial charge in [0.05, 0.1) is 0 Å². The average Bonchev–Trinajstić information content (AvgIpc) is 2.39. The SMILES string of the molecule is O=S=S=S=S=S=S=S=S=S=S=S=S=S=S=S=S=S. The Balaban J connectivity index is 5.72. The molecule has 0 aromatic carbocycles. The van der Waals surface area contributed by atoms with Gasteiger partial charge in [0.25, 0.3) is 0 Å². The molecule has 0 saturated heterocycles. The van der Waals surface area contributed by atoms with Crippen molar-refractivity contribution in [3.8, 4) is 0 Å². The molecule has 0 aliphatic heterocycles. The molecule has 0 rings (SSSR count). The van der Waals surface area contributed by atoms with Gasteiger partial charge in [-0.05, 0) is 0 Å². The molecule has 0 saturated carbocycles. The summed E-state index contributed by atoms with van der Waals surface area (Å²) in [6.45, 7) is 0. The summed E-state index contributed by atoms with van der Waals surface area (Å²) >= 11 is 4.73. The smallest absolute Gasteiger partial charge is 0.168 e. The van der Waals surface area contributed by atoms with E-state index in [2.05, 4.69) is 0 Å². The van der Waals surface area contributed by atoms with Gasteiger partial charge in [0.1, 0.15) is 0 Å². The van der Waals surface area contributed by atoms with Crippen LogP contribution in [0.15, 0.2) is 0 Å². The minimum atomic E-state index is 0.535. The molecule has 0 N–H and O–H groups in total. The number of rotatable bonds is 0. The summed E-state index contributed by atoms with van der Waals surface area (Å²) < 4.78 is 10.0.